The summed E-state index contributed by atoms with van der Waals surface area (Å²) in [4.78, 5) is 4.62. The molecule has 5 heteroatoms. The summed E-state index contributed by atoms with van der Waals surface area (Å²) in [5, 5.41) is 6.75. The molecule has 0 unspecified atom stereocenters. The van der Waals surface area contributed by atoms with E-state index in [4.69, 9.17) is 9.47 Å². The second kappa shape index (κ2) is 6.91. The quantitative estimate of drug-likeness (QED) is 0.814. The van der Waals surface area contributed by atoms with E-state index in [1.54, 1.807) is 18.4 Å². The van der Waals surface area contributed by atoms with Crippen LogP contribution in [0.15, 0.2) is 29.6 Å². The number of thiazole rings is 1. The topological polar surface area (TPSA) is 43.4 Å². The van der Waals surface area contributed by atoms with Gasteiger partial charge in [-0.1, -0.05) is 0 Å². The molecule has 0 spiro atoms. The number of nitrogens with zero attached hydrogens (tertiary/aromatic N) is 1. The third-order valence-electron chi connectivity index (χ3n) is 3.39. The molecule has 1 heterocycles. The van der Waals surface area contributed by atoms with E-state index >= 15 is 0 Å². The Bertz CT molecular complexity index is 564. The van der Waals surface area contributed by atoms with Crippen LogP contribution in [-0.4, -0.2) is 24.7 Å². The van der Waals surface area contributed by atoms with Crippen LogP contribution in [0.4, 0.5) is 0 Å². The first kappa shape index (κ1) is 14.4. The monoisotopic (exact) mass is 304 g/mol. The van der Waals surface area contributed by atoms with Gasteiger partial charge in [-0.15, -0.1) is 11.3 Å². The second-order valence-corrected chi connectivity index (χ2v) is 6.10. The highest BCUT2D eigenvalue weighted by Crippen LogP contribution is 2.20. The van der Waals surface area contributed by atoms with Crippen molar-refractivity contribution in [1.29, 1.82) is 0 Å². The van der Waals surface area contributed by atoms with Gasteiger partial charge in [0, 0.05) is 24.4 Å². The molecule has 2 aromatic rings. The van der Waals surface area contributed by atoms with Crippen molar-refractivity contribution < 1.29 is 9.47 Å². The highest BCUT2D eigenvalue weighted by Gasteiger charge is 2.20. The van der Waals surface area contributed by atoms with E-state index < -0.39 is 0 Å². The van der Waals surface area contributed by atoms with E-state index in [1.165, 1.54) is 12.8 Å². The molecule has 0 saturated heterocycles. The van der Waals surface area contributed by atoms with Crippen LogP contribution in [0.25, 0.3) is 0 Å². The van der Waals surface area contributed by atoms with Crippen LogP contribution in [0.3, 0.4) is 0 Å². The van der Waals surface area contributed by atoms with Crippen LogP contribution in [0.2, 0.25) is 0 Å². The molecule has 1 fully saturated rings. The van der Waals surface area contributed by atoms with Crippen LogP contribution in [0, 0.1) is 0 Å². The van der Waals surface area contributed by atoms with Crippen LogP contribution >= 0.6 is 11.3 Å². The van der Waals surface area contributed by atoms with E-state index in [9.17, 15) is 0 Å². The van der Waals surface area contributed by atoms with Crippen molar-refractivity contribution >= 4 is 11.3 Å². The minimum Gasteiger partial charge on any atom is -0.497 e. The first-order valence-electron chi connectivity index (χ1n) is 7.27. The van der Waals surface area contributed by atoms with Gasteiger partial charge in [-0.25, -0.2) is 4.98 Å². The van der Waals surface area contributed by atoms with Gasteiger partial charge in [0.2, 0.25) is 0 Å². The first-order valence-corrected chi connectivity index (χ1v) is 8.15. The molecule has 0 bridgehead atoms. The second-order valence-electron chi connectivity index (χ2n) is 5.16. The van der Waals surface area contributed by atoms with Crippen molar-refractivity contribution in [3.63, 3.8) is 0 Å². The van der Waals surface area contributed by atoms with Crippen LogP contribution in [-0.2, 0) is 13.0 Å². The smallest absolute Gasteiger partial charge is 0.119 e. The van der Waals surface area contributed by atoms with Gasteiger partial charge in [0.25, 0.3) is 0 Å². The van der Waals surface area contributed by atoms with Gasteiger partial charge in [-0.3, -0.25) is 0 Å². The van der Waals surface area contributed by atoms with E-state index in [0.717, 1.165) is 41.2 Å². The standard InChI is InChI=1S/C16H20N2O2S/c1-19-14-4-6-15(7-5-14)20-9-8-16-18-13(11-21-16)10-17-12-2-3-12/h4-7,11-12,17H,2-3,8-10H2,1H3. The average molecular weight is 304 g/mol. The molecule has 0 radical (unpaired) electrons. The largest absolute Gasteiger partial charge is 0.497 e. The lowest BCUT2D eigenvalue weighted by molar-refractivity contribution is 0.320. The van der Waals surface area contributed by atoms with Gasteiger partial charge in [-0.05, 0) is 37.1 Å². The van der Waals surface area contributed by atoms with Crippen molar-refractivity contribution in [2.45, 2.75) is 31.8 Å². The number of hydrogen-bond acceptors (Lipinski definition) is 5. The zero-order chi connectivity index (χ0) is 14.5. The number of hydrogen-bond donors (Lipinski definition) is 1. The first-order chi connectivity index (χ1) is 10.3. The number of ether oxygens (including phenoxy) is 2. The summed E-state index contributed by atoms with van der Waals surface area (Å²) in [7, 11) is 1.66. The fourth-order valence-electron chi connectivity index (χ4n) is 2.01. The lowest BCUT2D eigenvalue weighted by Crippen LogP contribution is -2.15. The molecule has 1 aromatic carbocycles. The number of aromatic nitrogens is 1. The number of nitrogens with one attached hydrogen (secondary N) is 1. The van der Waals surface area contributed by atoms with Crippen molar-refractivity contribution in [2.24, 2.45) is 0 Å². The molecular weight excluding hydrogens is 284 g/mol. The van der Waals surface area contributed by atoms with Gasteiger partial charge in [-0.2, -0.15) is 0 Å². The van der Waals surface area contributed by atoms with Crippen molar-refractivity contribution in [2.75, 3.05) is 13.7 Å². The van der Waals surface area contributed by atoms with Crippen molar-refractivity contribution in [1.82, 2.24) is 10.3 Å². The SMILES string of the molecule is COc1ccc(OCCc2nc(CNC3CC3)cs2)cc1. The molecule has 1 N–H and O–H groups in total. The Hall–Kier alpha value is -1.59. The zero-order valence-corrected chi connectivity index (χ0v) is 13.0. The Kier molecular flexibility index (Phi) is 4.72. The summed E-state index contributed by atoms with van der Waals surface area (Å²) in [5.74, 6) is 1.71. The molecule has 3 rings (SSSR count). The number of methoxy groups -OCH3 is 1. The predicted octanol–water partition coefficient (Wildman–Crippen LogP) is 3.03. The Morgan fingerprint density at radius 1 is 1.24 bits per heavy atom. The normalized spacial score (nSPS) is 14.1. The van der Waals surface area contributed by atoms with Gasteiger partial charge in [0.15, 0.2) is 0 Å². The molecule has 0 atom stereocenters. The molecule has 21 heavy (non-hydrogen) atoms. The summed E-state index contributed by atoms with van der Waals surface area (Å²) < 4.78 is 10.8. The fourth-order valence-corrected chi connectivity index (χ4v) is 2.79. The van der Waals surface area contributed by atoms with E-state index in [-0.39, 0.29) is 0 Å². The lowest BCUT2D eigenvalue weighted by Gasteiger charge is -2.05. The lowest BCUT2D eigenvalue weighted by atomic mass is 10.3. The third kappa shape index (κ3) is 4.44. The van der Waals surface area contributed by atoms with Crippen LogP contribution < -0.4 is 14.8 Å². The maximum Gasteiger partial charge on any atom is 0.119 e. The van der Waals surface area contributed by atoms with Gasteiger partial charge >= 0.3 is 0 Å². The zero-order valence-electron chi connectivity index (χ0n) is 12.2. The molecule has 0 amide bonds. The van der Waals surface area contributed by atoms with Crippen LogP contribution in [0.1, 0.15) is 23.5 Å². The maximum atomic E-state index is 5.72. The average Bonchev–Trinajstić information content (AvgIpc) is 3.25. The minimum absolute atomic E-state index is 0.648. The molecule has 1 aliphatic carbocycles. The van der Waals surface area contributed by atoms with E-state index in [2.05, 4.69) is 15.7 Å². The Morgan fingerprint density at radius 3 is 2.71 bits per heavy atom. The summed E-state index contributed by atoms with van der Waals surface area (Å²) in [5.41, 5.74) is 1.14. The fraction of sp³-hybridized carbons (Fsp3) is 0.438. The highest BCUT2D eigenvalue weighted by atomic mass is 32.1. The molecule has 112 valence electrons. The highest BCUT2D eigenvalue weighted by molar-refractivity contribution is 7.09. The molecular formula is C16H20N2O2S. The molecule has 1 aliphatic rings. The van der Waals surface area contributed by atoms with Gasteiger partial charge < -0.3 is 14.8 Å². The molecule has 1 saturated carbocycles. The summed E-state index contributed by atoms with van der Waals surface area (Å²) in [6.07, 6.45) is 3.47. The number of benzene rings is 1. The Balaban J connectivity index is 1.41. The molecule has 4 nitrogen and oxygen atoms in total. The van der Waals surface area contributed by atoms with Gasteiger partial charge in [0.05, 0.1) is 24.4 Å². The van der Waals surface area contributed by atoms with E-state index in [0.29, 0.717) is 6.61 Å². The Morgan fingerprint density at radius 2 is 2.00 bits per heavy atom. The summed E-state index contributed by atoms with van der Waals surface area (Å²) >= 11 is 1.71. The predicted molar refractivity (Wildman–Crippen MR) is 84.2 cm³/mol. The van der Waals surface area contributed by atoms with Crippen molar-refractivity contribution in [3.05, 3.63) is 40.3 Å². The summed E-state index contributed by atoms with van der Waals surface area (Å²) in [6, 6.07) is 8.38. The maximum absolute atomic E-state index is 5.72. The van der Waals surface area contributed by atoms with Gasteiger partial charge in [0.1, 0.15) is 11.5 Å². The van der Waals surface area contributed by atoms with E-state index in [1.807, 2.05) is 24.3 Å². The molecule has 1 aromatic heterocycles. The van der Waals surface area contributed by atoms with Crippen molar-refractivity contribution in [3.8, 4) is 11.5 Å². The summed E-state index contributed by atoms with van der Waals surface area (Å²) in [6.45, 7) is 1.54. The minimum atomic E-state index is 0.648. The van der Waals surface area contributed by atoms with Crippen LogP contribution in [0.5, 0.6) is 11.5 Å². The third-order valence-corrected chi connectivity index (χ3v) is 4.35. The molecule has 0 aliphatic heterocycles. The number of rotatable bonds is 8. The Labute approximate surface area is 129 Å².